The summed E-state index contributed by atoms with van der Waals surface area (Å²) in [6, 6.07) is 31.3. The fourth-order valence-electron chi connectivity index (χ4n) is 9.88. The Morgan fingerprint density at radius 1 is 0.860 bits per heavy atom. The number of nitrogens with zero attached hydrogens (tertiary/aromatic N) is 1. The van der Waals surface area contributed by atoms with E-state index in [-0.39, 0.29) is 42.3 Å². The lowest BCUT2D eigenvalue weighted by Crippen LogP contribution is -2.60. The van der Waals surface area contributed by atoms with E-state index in [4.69, 9.17) is 9.47 Å². The van der Waals surface area contributed by atoms with Crippen LogP contribution in [0, 0.1) is 23.7 Å². The number of carbonyl (C=O) groups excluding carboxylic acids is 1. The summed E-state index contributed by atoms with van der Waals surface area (Å²) in [7, 11) is 2.17. The minimum Gasteiger partial charge on any atom is -0.392 e. The number of benzene rings is 4. The van der Waals surface area contributed by atoms with Crippen LogP contribution in [0.15, 0.2) is 91.0 Å². The van der Waals surface area contributed by atoms with Crippen LogP contribution in [0.3, 0.4) is 0 Å². The normalized spacial score (nSPS) is 30.8. The topological polar surface area (TPSA) is 83.1 Å². The van der Waals surface area contributed by atoms with Crippen molar-refractivity contribution < 1.29 is 19.4 Å². The lowest BCUT2D eigenvalue weighted by atomic mass is 9.53. The van der Waals surface area contributed by atoms with Crippen molar-refractivity contribution >= 4 is 22.5 Å². The maximum Gasteiger partial charge on any atom is 0.319 e. The third-order valence-corrected chi connectivity index (χ3v) is 12.4. The summed E-state index contributed by atoms with van der Waals surface area (Å²) in [5, 5.41) is 18.7. The standard InChI is InChI=1S/C43H51N3O4/c1-27-39(25-46(3)28(2)36-13-12-33-6-4-5-7-37(33)21-36)49-41(50-40(27)34-10-8-29(26-47)9-11-34)35-14-16-38(17-15-35)44-42(48)45-43-22-30-18-31(23-43)20-32(19-30)24-43/h4-17,21,27-28,30-32,39-41,47H,18-20,22-26H2,1-3H3,(H2,44,45,48)/t27-,28-,30?,31?,32?,39+,40+,41+,43?/m1/s1. The first-order chi connectivity index (χ1) is 24.2. The summed E-state index contributed by atoms with van der Waals surface area (Å²) >= 11 is 0. The van der Waals surface area contributed by atoms with E-state index in [1.54, 1.807) is 0 Å². The lowest BCUT2D eigenvalue weighted by molar-refractivity contribution is -0.276. The summed E-state index contributed by atoms with van der Waals surface area (Å²) < 4.78 is 13.5. The van der Waals surface area contributed by atoms with E-state index >= 15 is 0 Å². The Hall–Kier alpha value is -3.75. The summed E-state index contributed by atoms with van der Waals surface area (Å²) in [6.45, 7) is 5.19. The van der Waals surface area contributed by atoms with Crippen LogP contribution in [0.25, 0.3) is 10.8 Å². The van der Waals surface area contributed by atoms with Gasteiger partial charge in [-0.05, 0) is 116 Å². The molecule has 0 radical (unpaired) electrons. The van der Waals surface area contributed by atoms with Crippen LogP contribution in [0.4, 0.5) is 10.5 Å². The molecular weight excluding hydrogens is 622 g/mol. The van der Waals surface area contributed by atoms with E-state index in [1.165, 1.54) is 35.6 Å². The summed E-state index contributed by atoms with van der Waals surface area (Å²) in [6.07, 6.45) is 6.56. The summed E-state index contributed by atoms with van der Waals surface area (Å²) in [5.41, 5.74) is 4.86. The fraction of sp³-hybridized carbons (Fsp3) is 0.465. The van der Waals surface area contributed by atoms with Crippen molar-refractivity contribution in [1.82, 2.24) is 10.2 Å². The zero-order chi connectivity index (χ0) is 34.4. The highest BCUT2D eigenvalue weighted by Gasteiger charge is 2.51. The van der Waals surface area contributed by atoms with Crippen LogP contribution in [-0.4, -0.2) is 41.3 Å². The first-order valence-electron chi connectivity index (χ1n) is 18.6. The highest BCUT2D eigenvalue weighted by Crippen LogP contribution is 2.55. The van der Waals surface area contributed by atoms with E-state index in [9.17, 15) is 9.90 Å². The number of aliphatic hydroxyl groups excluding tert-OH is 1. The second-order valence-corrected chi connectivity index (χ2v) is 15.9. The highest BCUT2D eigenvalue weighted by atomic mass is 16.7. The molecule has 4 saturated carbocycles. The molecule has 4 aromatic rings. The number of hydrogen-bond acceptors (Lipinski definition) is 5. The van der Waals surface area contributed by atoms with Gasteiger partial charge in [-0.15, -0.1) is 0 Å². The molecule has 0 spiro atoms. The largest absolute Gasteiger partial charge is 0.392 e. The number of likely N-dealkylation sites (N-methyl/N-ethyl adjacent to an activating group) is 1. The zero-order valence-electron chi connectivity index (χ0n) is 29.6. The van der Waals surface area contributed by atoms with E-state index in [0.717, 1.165) is 65.9 Å². The molecule has 9 rings (SSSR count). The predicted molar refractivity (Wildman–Crippen MR) is 197 cm³/mol. The van der Waals surface area contributed by atoms with E-state index in [2.05, 4.69) is 91.0 Å². The fourth-order valence-corrected chi connectivity index (χ4v) is 9.88. The van der Waals surface area contributed by atoms with Gasteiger partial charge in [-0.3, -0.25) is 4.90 Å². The van der Waals surface area contributed by atoms with Crippen molar-refractivity contribution in [2.24, 2.45) is 23.7 Å². The molecule has 5 aliphatic rings. The van der Waals surface area contributed by atoms with Gasteiger partial charge < -0.3 is 25.2 Å². The van der Waals surface area contributed by atoms with Crippen LogP contribution in [0.5, 0.6) is 0 Å². The molecule has 0 aromatic heterocycles. The number of amides is 2. The maximum absolute atomic E-state index is 13.2. The number of hydrogen-bond donors (Lipinski definition) is 3. The number of fused-ring (bicyclic) bond motifs is 1. The molecule has 5 fully saturated rings. The van der Waals surface area contributed by atoms with Gasteiger partial charge in [0.1, 0.15) is 0 Å². The van der Waals surface area contributed by atoms with E-state index < -0.39 is 6.29 Å². The molecule has 7 heteroatoms. The Labute approximate surface area is 296 Å². The molecule has 4 bridgehead atoms. The summed E-state index contributed by atoms with van der Waals surface area (Å²) in [5.74, 6) is 2.41. The zero-order valence-corrected chi connectivity index (χ0v) is 29.6. The number of urea groups is 1. The average molecular weight is 674 g/mol. The van der Waals surface area contributed by atoms with Gasteiger partial charge >= 0.3 is 6.03 Å². The van der Waals surface area contributed by atoms with E-state index in [0.29, 0.717) is 0 Å². The average Bonchev–Trinajstić information content (AvgIpc) is 3.11. The quantitative estimate of drug-likeness (QED) is 0.165. The molecule has 0 unspecified atom stereocenters. The van der Waals surface area contributed by atoms with Crippen molar-refractivity contribution in [1.29, 1.82) is 0 Å². The molecule has 1 saturated heterocycles. The van der Waals surface area contributed by atoms with Gasteiger partial charge in [0, 0.05) is 35.3 Å². The SMILES string of the molecule is C[C@@H]1[C@H](CN(C)[C@H](C)c2ccc3ccccc3c2)O[C@H](c2ccc(NC(=O)NC34CC5CC(CC(C5)C3)C4)cc2)O[C@@H]1c1ccc(CO)cc1. The van der Waals surface area contributed by atoms with Crippen LogP contribution in [0.2, 0.25) is 0 Å². The second-order valence-electron chi connectivity index (χ2n) is 15.9. The Bertz CT molecular complexity index is 1770. The molecule has 5 atom stereocenters. The number of aliphatic hydroxyl groups is 1. The van der Waals surface area contributed by atoms with E-state index in [1.807, 2.05) is 36.4 Å². The van der Waals surface area contributed by atoms with Gasteiger partial charge in [0.2, 0.25) is 0 Å². The Morgan fingerprint density at radius 2 is 1.50 bits per heavy atom. The van der Waals surface area contributed by atoms with Crippen LogP contribution >= 0.6 is 0 Å². The van der Waals surface area contributed by atoms with Crippen molar-refractivity contribution in [3.8, 4) is 0 Å². The molecule has 4 aromatic carbocycles. The monoisotopic (exact) mass is 673 g/mol. The lowest BCUT2D eigenvalue weighted by Gasteiger charge is -2.56. The molecular formula is C43H51N3O4. The molecule has 1 heterocycles. The van der Waals surface area contributed by atoms with Crippen molar-refractivity contribution in [3.05, 3.63) is 113 Å². The minimum atomic E-state index is -0.571. The predicted octanol–water partition coefficient (Wildman–Crippen LogP) is 8.91. The molecule has 262 valence electrons. The number of nitrogens with one attached hydrogen (secondary N) is 2. The van der Waals surface area contributed by atoms with Crippen LogP contribution in [-0.2, 0) is 16.1 Å². The maximum atomic E-state index is 13.2. The van der Waals surface area contributed by atoms with Crippen molar-refractivity contribution in [2.45, 2.75) is 89.1 Å². The molecule has 4 aliphatic carbocycles. The molecule has 1 aliphatic heterocycles. The van der Waals surface area contributed by atoms with Crippen molar-refractivity contribution in [2.75, 3.05) is 18.9 Å². The number of rotatable bonds is 9. The molecule has 7 nitrogen and oxygen atoms in total. The van der Waals surface area contributed by atoms with Crippen LogP contribution in [0.1, 0.15) is 93.1 Å². The van der Waals surface area contributed by atoms with Gasteiger partial charge in [-0.2, -0.15) is 0 Å². The highest BCUT2D eigenvalue weighted by molar-refractivity contribution is 5.89. The Morgan fingerprint density at radius 3 is 2.16 bits per heavy atom. The van der Waals surface area contributed by atoms with Crippen molar-refractivity contribution in [3.63, 3.8) is 0 Å². The number of ether oxygens (including phenoxy) is 2. The van der Waals surface area contributed by atoms with Gasteiger partial charge in [0.25, 0.3) is 0 Å². The number of anilines is 1. The minimum absolute atomic E-state index is 0.00806. The third-order valence-electron chi connectivity index (χ3n) is 12.4. The molecule has 50 heavy (non-hydrogen) atoms. The second kappa shape index (κ2) is 13.8. The molecule has 2 amide bonds. The first-order valence-corrected chi connectivity index (χ1v) is 18.6. The third kappa shape index (κ3) is 6.81. The Kier molecular flexibility index (Phi) is 9.19. The number of carbonyl (C=O) groups is 1. The van der Waals surface area contributed by atoms with Crippen LogP contribution < -0.4 is 10.6 Å². The first kappa shape index (κ1) is 33.4. The van der Waals surface area contributed by atoms with Gasteiger partial charge in [0.05, 0.1) is 18.8 Å². The summed E-state index contributed by atoms with van der Waals surface area (Å²) in [4.78, 5) is 15.6. The molecule has 3 N–H and O–H groups in total. The smallest absolute Gasteiger partial charge is 0.319 e. The Balaban J connectivity index is 0.975. The van der Waals surface area contributed by atoms with Gasteiger partial charge in [-0.1, -0.05) is 79.7 Å². The van der Waals surface area contributed by atoms with Gasteiger partial charge in [0.15, 0.2) is 6.29 Å². The van der Waals surface area contributed by atoms with Gasteiger partial charge in [-0.25, -0.2) is 4.79 Å².